The van der Waals surface area contributed by atoms with Gasteiger partial charge < -0.3 is 10.6 Å². The van der Waals surface area contributed by atoms with Crippen molar-refractivity contribution in [2.24, 2.45) is 0 Å². The number of nitrogens with one attached hydrogen (secondary N) is 2. The lowest BCUT2D eigenvalue weighted by atomic mass is 10.2. The van der Waals surface area contributed by atoms with Gasteiger partial charge >= 0.3 is 0 Å². The summed E-state index contributed by atoms with van der Waals surface area (Å²) in [6, 6.07) is 5.85. The van der Waals surface area contributed by atoms with Gasteiger partial charge in [-0.15, -0.1) is 0 Å². The normalized spacial score (nSPS) is 24.9. The lowest BCUT2D eigenvalue weighted by molar-refractivity contribution is -0.121. The second-order valence-electron chi connectivity index (χ2n) is 5.87. The predicted octanol–water partition coefficient (Wildman–Crippen LogP) is 0.0374. The molecule has 2 amide bonds. The number of carbonyl (C=O) groups excluding carboxylic acids is 2. The number of halogens is 1. The quantitative estimate of drug-likeness (QED) is 0.777. The molecule has 2 aliphatic heterocycles. The number of sulfonamides is 1. The molecule has 2 N–H and O–H groups in total. The second kappa shape index (κ2) is 6.48. The van der Waals surface area contributed by atoms with Crippen molar-refractivity contribution in [2.75, 3.05) is 19.6 Å². The van der Waals surface area contributed by atoms with Gasteiger partial charge in [0.15, 0.2) is 0 Å². The van der Waals surface area contributed by atoms with Crippen LogP contribution in [-0.4, -0.2) is 56.4 Å². The van der Waals surface area contributed by atoms with Crippen LogP contribution in [0.1, 0.15) is 23.2 Å². The summed E-state index contributed by atoms with van der Waals surface area (Å²) >= 11 is 0. The molecule has 2 aliphatic rings. The first-order valence-electron chi connectivity index (χ1n) is 7.70. The largest absolute Gasteiger partial charge is 0.354 e. The maximum atomic E-state index is 13.0. The Hall–Kier alpha value is -2.00. The first-order valence-corrected chi connectivity index (χ1v) is 9.14. The summed E-state index contributed by atoms with van der Waals surface area (Å²) < 4.78 is 38.4. The van der Waals surface area contributed by atoms with Crippen molar-refractivity contribution in [3.63, 3.8) is 0 Å². The van der Waals surface area contributed by atoms with Gasteiger partial charge in [0.05, 0.1) is 5.56 Å². The molecule has 1 aromatic carbocycles. The lowest BCUT2D eigenvalue weighted by Gasteiger charge is -2.15. The third kappa shape index (κ3) is 3.13. The number of hydrogen-bond acceptors (Lipinski definition) is 5. The Morgan fingerprint density at radius 2 is 2.12 bits per heavy atom. The molecule has 0 spiro atoms. The summed E-state index contributed by atoms with van der Waals surface area (Å²) in [6.07, 6.45) is -0.697. The van der Waals surface area contributed by atoms with Crippen LogP contribution in [0.2, 0.25) is 0 Å². The van der Waals surface area contributed by atoms with Crippen LogP contribution in [0, 0.1) is 0 Å². The second-order valence-corrected chi connectivity index (χ2v) is 7.70. The van der Waals surface area contributed by atoms with Gasteiger partial charge in [-0.2, -0.15) is 0 Å². The SMILES string of the molecule is O=C(CCN1C(=O)c2ccccc2S1(=O)=O)NC[C@@H]1C[C@H](F)CN1. The molecular formula is C15H18FN3O4S. The molecule has 0 aromatic heterocycles. The van der Waals surface area contributed by atoms with Crippen LogP contribution in [-0.2, 0) is 14.8 Å². The summed E-state index contributed by atoms with van der Waals surface area (Å²) in [5.74, 6) is -0.991. The number of fused-ring (bicyclic) bond motifs is 1. The zero-order chi connectivity index (χ0) is 17.3. The van der Waals surface area contributed by atoms with Crippen molar-refractivity contribution < 1.29 is 22.4 Å². The fourth-order valence-corrected chi connectivity index (χ4v) is 4.48. The predicted molar refractivity (Wildman–Crippen MR) is 83.6 cm³/mol. The Morgan fingerprint density at radius 3 is 2.79 bits per heavy atom. The molecule has 130 valence electrons. The molecule has 0 radical (unpaired) electrons. The Bertz CT molecular complexity index is 768. The van der Waals surface area contributed by atoms with E-state index in [1.54, 1.807) is 12.1 Å². The molecule has 2 atom stereocenters. The van der Waals surface area contributed by atoms with Crippen molar-refractivity contribution in [3.8, 4) is 0 Å². The topological polar surface area (TPSA) is 95.6 Å². The summed E-state index contributed by atoms with van der Waals surface area (Å²) in [5.41, 5.74) is 0.127. The molecule has 7 nitrogen and oxygen atoms in total. The van der Waals surface area contributed by atoms with E-state index in [9.17, 15) is 22.4 Å². The number of alkyl halides is 1. The molecule has 1 saturated heterocycles. The van der Waals surface area contributed by atoms with E-state index in [1.807, 2.05) is 0 Å². The van der Waals surface area contributed by atoms with Crippen molar-refractivity contribution in [1.29, 1.82) is 0 Å². The van der Waals surface area contributed by atoms with Crippen LogP contribution < -0.4 is 10.6 Å². The Balaban J connectivity index is 1.55. The fraction of sp³-hybridized carbons (Fsp3) is 0.467. The lowest BCUT2D eigenvalue weighted by Crippen LogP contribution is -2.39. The average molecular weight is 355 g/mol. The third-order valence-electron chi connectivity index (χ3n) is 4.17. The van der Waals surface area contributed by atoms with Gasteiger partial charge in [-0.05, 0) is 18.6 Å². The summed E-state index contributed by atoms with van der Waals surface area (Å²) in [4.78, 5) is 24.0. The Morgan fingerprint density at radius 1 is 1.38 bits per heavy atom. The molecule has 0 bridgehead atoms. The van der Waals surface area contributed by atoms with Gasteiger partial charge in [-0.3, -0.25) is 9.59 Å². The number of benzene rings is 1. The average Bonchev–Trinajstić information content (AvgIpc) is 3.05. The molecule has 9 heteroatoms. The molecular weight excluding hydrogens is 337 g/mol. The van der Waals surface area contributed by atoms with Gasteiger partial charge in [0.25, 0.3) is 15.9 Å². The first kappa shape index (κ1) is 16.8. The number of nitrogens with zero attached hydrogens (tertiary/aromatic N) is 1. The zero-order valence-electron chi connectivity index (χ0n) is 12.9. The summed E-state index contributed by atoms with van der Waals surface area (Å²) in [6.45, 7) is 0.338. The number of amides is 2. The van der Waals surface area contributed by atoms with E-state index in [2.05, 4.69) is 10.6 Å². The van der Waals surface area contributed by atoms with Gasteiger partial charge in [0.2, 0.25) is 5.91 Å². The molecule has 0 aliphatic carbocycles. The maximum absolute atomic E-state index is 13.0. The molecule has 2 heterocycles. The fourth-order valence-electron chi connectivity index (χ4n) is 2.91. The van der Waals surface area contributed by atoms with Gasteiger partial charge in [-0.1, -0.05) is 12.1 Å². The van der Waals surface area contributed by atoms with Gasteiger partial charge in [0, 0.05) is 32.1 Å². The zero-order valence-corrected chi connectivity index (χ0v) is 13.7. The number of hydrogen-bond donors (Lipinski definition) is 2. The molecule has 1 fully saturated rings. The van der Waals surface area contributed by atoms with Crippen molar-refractivity contribution in [2.45, 2.75) is 30.0 Å². The Kier molecular flexibility index (Phi) is 4.55. The minimum atomic E-state index is -3.89. The van der Waals surface area contributed by atoms with Crippen LogP contribution in [0.15, 0.2) is 29.2 Å². The van der Waals surface area contributed by atoms with E-state index >= 15 is 0 Å². The van der Waals surface area contributed by atoms with E-state index in [0.29, 0.717) is 6.42 Å². The van der Waals surface area contributed by atoms with Crippen LogP contribution in [0.25, 0.3) is 0 Å². The van der Waals surface area contributed by atoms with Crippen LogP contribution >= 0.6 is 0 Å². The minimum Gasteiger partial charge on any atom is -0.354 e. The monoisotopic (exact) mass is 355 g/mol. The summed E-state index contributed by atoms with van der Waals surface area (Å²) in [5, 5.41) is 5.57. The molecule has 1 aromatic rings. The Labute approximate surface area is 139 Å². The number of carbonyl (C=O) groups is 2. The highest BCUT2D eigenvalue weighted by molar-refractivity contribution is 7.90. The van der Waals surface area contributed by atoms with Gasteiger partial charge in [-0.25, -0.2) is 17.1 Å². The van der Waals surface area contributed by atoms with E-state index in [-0.39, 0.29) is 48.5 Å². The van der Waals surface area contributed by atoms with Crippen molar-refractivity contribution in [3.05, 3.63) is 29.8 Å². The highest BCUT2D eigenvalue weighted by atomic mass is 32.2. The van der Waals surface area contributed by atoms with Crippen molar-refractivity contribution >= 4 is 21.8 Å². The number of rotatable bonds is 5. The molecule has 3 rings (SSSR count). The van der Waals surface area contributed by atoms with E-state index in [4.69, 9.17) is 0 Å². The third-order valence-corrected chi connectivity index (χ3v) is 6.01. The van der Waals surface area contributed by atoms with Crippen molar-refractivity contribution in [1.82, 2.24) is 14.9 Å². The first-order chi connectivity index (χ1) is 11.4. The van der Waals surface area contributed by atoms with E-state index < -0.39 is 22.1 Å². The maximum Gasteiger partial charge on any atom is 0.269 e. The highest BCUT2D eigenvalue weighted by Gasteiger charge is 2.40. The van der Waals surface area contributed by atoms with Crippen LogP contribution in [0.4, 0.5) is 4.39 Å². The molecule has 0 saturated carbocycles. The van der Waals surface area contributed by atoms with Crippen LogP contribution in [0.5, 0.6) is 0 Å². The highest BCUT2D eigenvalue weighted by Crippen LogP contribution is 2.29. The van der Waals surface area contributed by atoms with Crippen LogP contribution in [0.3, 0.4) is 0 Å². The molecule has 0 unspecified atom stereocenters. The standard InChI is InChI=1S/C15H18FN3O4S/c16-10-7-11(17-8-10)9-18-14(20)5-6-19-15(21)12-3-1-2-4-13(12)24(19,22)23/h1-4,10-11,17H,5-9H2,(H,18,20)/t10-,11-/m0/s1. The van der Waals surface area contributed by atoms with E-state index in [1.165, 1.54) is 12.1 Å². The molecule has 24 heavy (non-hydrogen) atoms. The summed E-state index contributed by atoms with van der Waals surface area (Å²) in [7, 11) is -3.89. The smallest absolute Gasteiger partial charge is 0.269 e. The minimum absolute atomic E-state index is 0.0282. The van der Waals surface area contributed by atoms with E-state index in [0.717, 1.165) is 4.31 Å². The van der Waals surface area contributed by atoms with Gasteiger partial charge in [0.1, 0.15) is 11.1 Å².